The fourth-order valence-electron chi connectivity index (χ4n) is 4.14. The van der Waals surface area contributed by atoms with Gasteiger partial charge in [-0.3, -0.25) is 14.8 Å². The molecule has 27 heavy (non-hydrogen) atoms. The van der Waals surface area contributed by atoms with E-state index in [0.29, 0.717) is 0 Å². The number of likely N-dealkylation sites (N-methyl/N-ethyl adjacent to an activating group) is 1. The zero-order valence-electron chi connectivity index (χ0n) is 16.1. The number of aromatic nitrogens is 1. The summed E-state index contributed by atoms with van der Waals surface area (Å²) in [5.74, 6) is 1.03. The monoisotopic (exact) mass is 367 g/mol. The van der Waals surface area contributed by atoms with Crippen LogP contribution in [0.5, 0.6) is 5.75 Å². The highest BCUT2D eigenvalue weighted by atomic mass is 16.5. The molecule has 0 amide bonds. The van der Waals surface area contributed by atoms with Crippen LogP contribution >= 0.6 is 0 Å². The molecule has 3 heterocycles. The molecule has 0 saturated carbocycles. The highest BCUT2D eigenvalue weighted by Gasteiger charge is 2.34. The number of benzene rings is 1. The number of nitrogens with zero attached hydrogens (tertiary/aromatic N) is 3. The quantitative estimate of drug-likeness (QED) is 0.900. The van der Waals surface area contributed by atoms with E-state index < -0.39 is 5.60 Å². The summed E-state index contributed by atoms with van der Waals surface area (Å²) in [4.78, 5) is 9.02. The molecule has 5 heteroatoms. The Bertz CT molecular complexity index is 757. The number of hydrogen-bond acceptors (Lipinski definition) is 5. The average molecular weight is 367 g/mol. The maximum atomic E-state index is 11.0. The molecule has 1 aromatic heterocycles. The number of rotatable bonds is 4. The topological polar surface area (TPSA) is 48.8 Å². The molecule has 2 aliphatic rings. The third kappa shape index (κ3) is 4.15. The van der Waals surface area contributed by atoms with Crippen LogP contribution in [0.4, 0.5) is 0 Å². The van der Waals surface area contributed by atoms with E-state index in [4.69, 9.17) is 4.74 Å². The van der Waals surface area contributed by atoms with Gasteiger partial charge in [0.15, 0.2) is 0 Å². The number of piperidine rings is 1. The Kier molecular flexibility index (Phi) is 5.43. The summed E-state index contributed by atoms with van der Waals surface area (Å²) < 4.78 is 5.91. The van der Waals surface area contributed by atoms with Gasteiger partial charge in [-0.15, -0.1) is 0 Å². The van der Waals surface area contributed by atoms with Crippen LogP contribution in [-0.2, 0) is 18.7 Å². The first-order chi connectivity index (χ1) is 13.2. The third-order valence-electron chi connectivity index (χ3n) is 5.92. The second-order valence-corrected chi connectivity index (χ2v) is 7.71. The lowest BCUT2D eigenvalue weighted by Crippen LogP contribution is -2.42. The minimum atomic E-state index is -0.742. The summed E-state index contributed by atoms with van der Waals surface area (Å²) in [5.41, 5.74) is 2.80. The van der Waals surface area contributed by atoms with Gasteiger partial charge in [0, 0.05) is 56.2 Å². The van der Waals surface area contributed by atoms with Crippen molar-refractivity contribution in [2.75, 3.05) is 32.8 Å². The highest BCUT2D eigenvalue weighted by Crippen LogP contribution is 2.33. The Morgan fingerprint density at radius 3 is 2.74 bits per heavy atom. The van der Waals surface area contributed by atoms with Crippen molar-refractivity contribution in [2.24, 2.45) is 0 Å². The largest absolute Gasteiger partial charge is 0.492 e. The van der Waals surface area contributed by atoms with E-state index in [9.17, 15) is 5.11 Å². The SMILES string of the molecule is CCN1CCOc2ccc(CN3CCC(O)(c4cccnc4)CC3)cc2C1. The molecule has 1 aromatic carbocycles. The van der Waals surface area contributed by atoms with Gasteiger partial charge in [0.1, 0.15) is 12.4 Å². The van der Waals surface area contributed by atoms with Crippen LogP contribution in [-0.4, -0.2) is 52.7 Å². The van der Waals surface area contributed by atoms with Crippen LogP contribution in [0.15, 0.2) is 42.7 Å². The van der Waals surface area contributed by atoms with Crippen molar-refractivity contribution >= 4 is 0 Å². The van der Waals surface area contributed by atoms with Crippen molar-refractivity contribution in [3.63, 3.8) is 0 Å². The predicted molar refractivity (Wildman–Crippen MR) is 106 cm³/mol. The molecule has 5 nitrogen and oxygen atoms in total. The van der Waals surface area contributed by atoms with Crippen LogP contribution in [0.25, 0.3) is 0 Å². The van der Waals surface area contributed by atoms with Gasteiger partial charge in [0.2, 0.25) is 0 Å². The maximum Gasteiger partial charge on any atom is 0.123 e. The predicted octanol–water partition coefficient (Wildman–Crippen LogP) is 2.78. The molecule has 2 aliphatic heterocycles. The molecule has 0 unspecified atom stereocenters. The Balaban J connectivity index is 1.40. The highest BCUT2D eigenvalue weighted by molar-refractivity contribution is 5.38. The van der Waals surface area contributed by atoms with Crippen molar-refractivity contribution in [3.8, 4) is 5.75 Å². The molecule has 0 atom stereocenters. The van der Waals surface area contributed by atoms with Crippen molar-refractivity contribution in [1.82, 2.24) is 14.8 Å². The molecule has 0 radical (unpaired) electrons. The van der Waals surface area contributed by atoms with Crippen molar-refractivity contribution in [1.29, 1.82) is 0 Å². The van der Waals surface area contributed by atoms with E-state index in [0.717, 1.165) is 70.0 Å². The number of pyridine rings is 1. The lowest BCUT2D eigenvalue weighted by molar-refractivity contribution is -0.0279. The summed E-state index contributed by atoms with van der Waals surface area (Å²) in [6.45, 7) is 8.65. The Hall–Kier alpha value is -1.95. The maximum absolute atomic E-state index is 11.0. The summed E-state index contributed by atoms with van der Waals surface area (Å²) in [5, 5.41) is 11.0. The first-order valence-electron chi connectivity index (χ1n) is 9.98. The molecule has 0 bridgehead atoms. The molecule has 144 valence electrons. The van der Waals surface area contributed by atoms with Crippen LogP contribution in [0.3, 0.4) is 0 Å². The molecule has 1 N–H and O–H groups in total. The number of ether oxygens (including phenoxy) is 1. The first-order valence-corrected chi connectivity index (χ1v) is 9.98. The third-order valence-corrected chi connectivity index (χ3v) is 5.92. The van der Waals surface area contributed by atoms with Gasteiger partial charge in [-0.05, 0) is 43.1 Å². The fourth-order valence-corrected chi connectivity index (χ4v) is 4.14. The summed E-state index contributed by atoms with van der Waals surface area (Å²) in [6, 6.07) is 10.5. The minimum absolute atomic E-state index is 0.742. The van der Waals surface area contributed by atoms with Gasteiger partial charge >= 0.3 is 0 Å². The van der Waals surface area contributed by atoms with Gasteiger partial charge in [0.25, 0.3) is 0 Å². The van der Waals surface area contributed by atoms with Crippen molar-refractivity contribution in [2.45, 2.75) is 38.5 Å². The summed E-state index contributed by atoms with van der Waals surface area (Å²) in [6.07, 6.45) is 5.04. The van der Waals surface area contributed by atoms with Gasteiger partial charge in [-0.2, -0.15) is 0 Å². The summed E-state index contributed by atoms with van der Waals surface area (Å²) >= 11 is 0. The Morgan fingerprint density at radius 1 is 1.15 bits per heavy atom. The van der Waals surface area contributed by atoms with E-state index in [2.05, 4.69) is 39.9 Å². The fraction of sp³-hybridized carbons (Fsp3) is 0.500. The smallest absolute Gasteiger partial charge is 0.123 e. The van der Waals surface area contributed by atoms with Crippen LogP contribution in [0.1, 0.15) is 36.5 Å². The second-order valence-electron chi connectivity index (χ2n) is 7.71. The van der Waals surface area contributed by atoms with Crippen LogP contribution in [0.2, 0.25) is 0 Å². The second kappa shape index (κ2) is 7.97. The standard InChI is InChI=1S/C22H29N3O2/c1-2-24-12-13-27-21-6-5-18(14-19(21)17-24)16-25-10-7-22(26,8-11-25)20-4-3-9-23-15-20/h3-6,9,14-15,26H,2,7-8,10-13,16-17H2,1H3. The normalized spacial score (nSPS) is 20.5. The molecule has 1 saturated heterocycles. The van der Waals surface area contributed by atoms with Gasteiger partial charge in [-0.1, -0.05) is 19.1 Å². The van der Waals surface area contributed by atoms with Crippen LogP contribution in [0, 0.1) is 0 Å². The molecule has 0 aliphatic carbocycles. The van der Waals surface area contributed by atoms with Gasteiger partial charge in [-0.25, -0.2) is 0 Å². The van der Waals surface area contributed by atoms with Gasteiger partial charge in [0.05, 0.1) is 5.60 Å². The first kappa shape index (κ1) is 18.4. The molecule has 2 aromatic rings. The van der Waals surface area contributed by atoms with Crippen LogP contribution < -0.4 is 4.74 Å². The lowest BCUT2D eigenvalue weighted by Gasteiger charge is -2.38. The number of fused-ring (bicyclic) bond motifs is 1. The summed E-state index contributed by atoms with van der Waals surface area (Å²) in [7, 11) is 0. The molecular formula is C22H29N3O2. The lowest BCUT2D eigenvalue weighted by atomic mass is 9.85. The number of likely N-dealkylation sites (tertiary alicyclic amines) is 1. The molecule has 1 fully saturated rings. The van der Waals surface area contributed by atoms with E-state index in [1.807, 2.05) is 12.1 Å². The van der Waals surface area contributed by atoms with E-state index >= 15 is 0 Å². The zero-order valence-corrected chi connectivity index (χ0v) is 16.1. The zero-order chi connectivity index (χ0) is 18.7. The minimum Gasteiger partial charge on any atom is -0.492 e. The Morgan fingerprint density at radius 2 is 2.00 bits per heavy atom. The molecule has 4 rings (SSSR count). The van der Waals surface area contributed by atoms with E-state index in [1.165, 1.54) is 11.1 Å². The van der Waals surface area contributed by atoms with Crippen molar-refractivity contribution in [3.05, 3.63) is 59.4 Å². The molecular weight excluding hydrogens is 338 g/mol. The number of aliphatic hydroxyl groups is 1. The number of hydrogen-bond donors (Lipinski definition) is 1. The Labute approximate surface area is 161 Å². The van der Waals surface area contributed by atoms with Crippen molar-refractivity contribution < 1.29 is 9.84 Å². The van der Waals surface area contributed by atoms with E-state index in [1.54, 1.807) is 12.4 Å². The molecule has 0 spiro atoms. The van der Waals surface area contributed by atoms with Gasteiger partial charge < -0.3 is 9.84 Å². The average Bonchev–Trinajstić information content (AvgIpc) is 2.92. The van der Waals surface area contributed by atoms with E-state index in [-0.39, 0.29) is 0 Å².